The lowest BCUT2D eigenvalue weighted by Gasteiger charge is -1.93. The molecule has 4 heteroatoms. The average molecular weight is 153 g/mol. The number of hydrogen-bond acceptors (Lipinski definition) is 4. The molecule has 0 aliphatic heterocycles. The predicted octanol–water partition coefficient (Wildman–Crippen LogP) is 0.285. The van der Waals surface area contributed by atoms with Crippen molar-refractivity contribution in [2.75, 3.05) is 24.6 Å². The summed E-state index contributed by atoms with van der Waals surface area (Å²) in [6.45, 7) is 1.49. The van der Waals surface area contributed by atoms with Crippen molar-refractivity contribution in [3.05, 3.63) is 0 Å². The maximum Gasteiger partial charge on any atom is 0.118 e. The van der Waals surface area contributed by atoms with Crippen molar-refractivity contribution in [3.63, 3.8) is 0 Å². The Morgan fingerprint density at radius 1 is 1.25 bits per heavy atom. The molecule has 0 amide bonds. The number of rotatable bonds is 6. The van der Waals surface area contributed by atoms with E-state index in [0.717, 1.165) is 24.6 Å². The van der Waals surface area contributed by atoms with Crippen molar-refractivity contribution < 1.29 is 1.41 Å². The topological polar surface area (TPSA) is 52.0 Å². The molecule has 0 heterocycles. The predicted molar refractivity (Wildman–Crippen MR) is 43.0 cm³/mol. The standard InChI is InChI=1S/C4H12N2S2/c5-1-3-7-8-4-2-6/h1-6H2/i/hD. The first-order valence-corrected chi connectivity index (χ1v) is 4.99. The van der Waals surface area contributed by atoms with Crippen LogP contribution in [-0.2, 0) is 0 Å². The second-order valence-electron chi connectivity index (χ2n) is 1.18. The van der Waals surface area contributed by atoms with E-state index in [9.17, 15) is 0 Å². The fraction of sp³-hybridized carbons (Fsp3) is 1.00. The molecule has 8 heavy (non-hydrogen) atoms. The molecule has 0 radical (unpaired) electrons. The molecule has 0 aliphatic carbocycles. The Hall–Kier alpha value is 0.620. The lowest BCUT2D eigenvalue weighted by molar-refractivity contribution is 1.15. The molecule has 0 aliphatic rings. The zero-order chi connectivity index (χ0) is 6.95. The fourth-order valence-corrected chi connectivity index (χ4v) is 1.87. The Labute approximate surface area is 59.6 Å². The maximum absolute atomic E-state index is 6.59. The van der Waals surface area contributed by atoms with Gasteiger partial charge in [-0.1, -0.05) is 21.6 Å². The minimum Gasteiger partial charge on any atom is -0.330 e. The van der Waals surface area contributed by atoms with E-state index in [1.165, 1.54) is 0 Å². The van der Waals surface area contributed by atoms with Crippen molar-refractivity contribution in [2.24, 2.45) is 11.5 Å². The molecule has 0 aromatic rings. The third-order valence-electron chi connectivity index (χ3n) is 0.470. The van der Waals surface area contributed by atoms with Gasteiger partial charge in [-0.2, -0.15) is 0 Å². The van der Waals surface area contributed by atoms with Crippen LogP contribution in [0.3, 0.4) is 0 Å². The van der Waals surface area contributed by atoms with E-state index in [4.69, 9.17) is 7.15 Å². The first kappa shape index (κ1) is 6.74. The van der Waals surface area contributed by atoms with Crippen molar-refractivity contribution in [2.45, 2.75) is 0 Å². The summed E-state index contributed by atoms with van der Waals surface area (Å²) < 4.78 is 6.59. The van der Waals surface area contributed by atoms with Crippen LogP contribution in [0.2, 0.25) is 1.41 Å². The molecule has 0 aromatic heterocycles. The summed E-state index contributed by atoms with van der Waals surface area (Å²) in [6.07, 6.45) is 0. The smallest absolute Gasteiger partial charge is 0.118 e. The van der Waals surface area contributed by atoms with Gasteiger partial charge in [-0.3, -0.25) is 0 Å². The van der Waals surface area contributed by atoms with E-state index in [-0.39, 0.29) is 0 Å². The monoisotopic (exact) mass is 153 g/mol. The third-order valence-corrected chi connectivity index (χ3v) is 2.91. The van der Waals surface area contributed by atoms with Gasteiger partial charge in [-0.25, -0.2) is 0 Å². The minimum atomic E-state index is 0.742. The molecule has 50 valence electrons. The summed E-state index contributed by atoms with van der Waals surface area (Å²) in [7, 11) is 3.52. The van der Waals surface area contributed by atoms with E-state index in [1.54, 1.807) is 21.6 Å². The number of hydrogen-bond donors (Lipinski definition) is 2. The molecule has 0 saturated carbocycles. The Morgan fingerprint density at radius 2 is 1.88 bits per heavy atom. The first-order chi connectivity index (χ1) is 4.41. The quantitative estimate of drug-likeness (QED) is 0.425. The number of nitrogens with two attached hydrogens (primary N) is 2. The molecule has 0 bridgehead atoms. The molecule has 0 spiro atoms. The van der Waals surface area contributed by atoms with Crippen molar-refractivity contribution in [3.8, 4) is 0 Å². The Morgan fingerprint density at radius 3 is 2.38 bits per heavy atom. The fourth-order valence-electron chi connectivity index (χ4n) is 0.208. The average Bonchev–Trinajstić information content (AvgIpc) is 1.89. The highest BCUT2D eigenvalue weighted by atomic mass is 33.1. The second-order valence-corrected chi connectivity index (χ2v) is 3.88. The van der Waals surface area contributed by atoms with Crippen molar-refractivity contribution in [1.82, 2.24) is 0 Å². The molecule has 0 aromatic carbocycles. The van der Waals surface area contributed by atoms with E-state index in [0.29, 0.717) is 0 Å². The van der Waals surface area contributed by atoms with Gasteiger partial charge >= 0.3 is 0 Å². The molecule has 4 N–H and O–H groups in total. The van der Waals surface area contributed by atoms with Gasteiger partial charge in [0.2, 0.25) is 0 Å². The van der Waals surface area contributed by atoms with Crippen LogP contribution in [-0.4, -0.2) is 24.6 Å². The van der Waals surface area contributed by atoms with Gasteiger partial charge in [0.1, 0.15) is 1.41 Å². The van der Waals surface area contributed by atoms with E-state index >= 15 is 0 Å². The third kappa shape index (κ3) is 6.62. The van der Waals surface area contributed by atoms with Crippen LogP contribution in [0.15, 0.2) is 0 Å². The zero-order valence-corrected chi connectivity index (χ0v) is 6.36. The highest BCUT2D eigenvalue weighted by Gasteiger charge is 1.84. The van der Waals surface area contributed by atoms with Gasteiger partial charge in [0.05, 0.1) is 0 Å². The zero-order valence-electron chi connectivity index (χ0n) is 5.72. The van der Waals surface area contributed by atoms with E-state index in [1.807, 2.05) is 0 Å². The summed E-state index contributed by atoms with van der Waals surface area (Å²) in [4.78, 5) is 0. The molecule has 0 saturated heterocycles. The van der Waals surface area contributed by atoms with Gasteiger partial charge in [0.25, 0.3) is 0 Å². The van der Waals surface area contributed by atoms with Crippen LogP contribution in [0.5, 0.6) is 0 Å². The van der Waals surface area contributed by atoms with Gasteiger partial charge in [0.15, 0.2) is 0 Å². The second kappa shape index (κ2) is 7.62. The largest absolute Gasteiger partial charge is 0.330 e. The summed E-state index contributed by atoms with van der Waals surface area (Å²) in [5.74, 6) is 1.98. The summed E-state index contributed by atoms with van der Waals surface area (Å²) in [5.41, 5.74) is 7.59. The van der Waals surface area contributed by atoms with Crippen LogP contribution in [0.25, 0.3) is 0 Å². The lowest BCUT2D eigenvalue weighted by atomic mass is 10.8. The van der Waals surface area contributed by atoms with Crippen LogP contribution in [0, 0.1) is 0 Å². The molecule has 0 rings (SSSR count). The molecule has 0 atom stereocenters. The van der Waals surface area contributed by atoms with Gasteiger partial charge in [-0.15, -0.1) is 0 Å². The van der Waals surface area contributed by atoms with Gasteiger partial charge < -0.3 is 11.5 Å². The first-order valence-electron chi connectivity index (χ1n) is 3.01. The summed E-state index contributed by atoms with van der Waals surface area (Å²) in [6, 6.07) is 0. The van der Waals surface area contributed by atoms with Gasteiger partial charge in [-0.05, 0) is 0 Å². The normalized spacial score (nSPS) is 11.4. The van der Waals surface area contributed by atoms with E-state index in [2.05, 4.69) is 5.73 Å². The molecule has 0 unspecified atom stereocenters. The maximum atomic E-state index is 6.59. The van der Waals surface area contributed by atoms with Gasteiger partial charge in [0, 0.05) is 24.6 Å². The summed E-state index contributed by atoms with van der Waals surface area (Å²) in [5, 5.41) is 0. The van der Waals surface area contributed by atoms with E-state index < -0.39 is 0 Å². The Kier molecular flexibility index (Phi) is 6.42. The molecule has 2 nitrogen and oxygen atoms in total. The summed E-state index contributed by atoms with van der Waals surface area (Å²) >= 11 is 0. The Bertz CT molecular complexity index is 49.8. The Balaban J connectivity index is 2.60. The van der Waals surface area contributed by atoms with Crippen LogP contribution in [0.1, 0.15) is 0 Å². The molecular formula is C4H12N2S2. The van der Waals surface area contributed by atoms with Crippen molar-refractivity contribution >= 4 is 21.6 Å². The molecular weight excluding hydrogens is 140 g/mol. The lowest BCUT2D eigenvalue weighted by Crippen LogP contribution is -2.02. The van der Waals surface area contributed by atoms with Crippen LogP contribution in [0.4, 0.5) is 0 Å². The highest BCUT2D eigenvalue weighted by molar-refractivity contribution is 8.76. The molecule has 0 fully saturated rings. The minimum absolute atomic E-state index is 0.742. The van der Waals surface area contributed by atoms with Crippen molar-refractivity contribution in [1.29, 1.82) is 0 Å². The van der Waals surface area contributed by atoms with Crippen LogP contribution >= 0.6 is 21.6 Å². The van der Waals surface area contributed by atoms with Crippen LogP contribution < -0.4 is 11.5 Å². The highest BCUT2D eigenvalue weighted by Crippen LogP contribution is 2.18. The SMILES string of the molecule is [2H]NCCSSCCN.